The lowest BCUT2D eigenvalue weighted by molar-refractivity contribution is -0.120. The van der Waals surface area contributed by atoms with Crippen LogP contribution in [-0.2, 0) is 14.8 Å². The number of piperidine rings is 1. The number of amides is 1. The van der Waals surface area contributed by atoms with Gasteiger partial charge >= 0.3 is 0 Å². The smallest absolute Gasteiger partial charge is 0.228 e. The molecule has 1 atom stereocenters. The van der Waals surface area contributed by atoms with E-state index < -0.39 is 10.0 Å². The van der Waals surface area contributed by atoms with Crippen LogP contribution in [0.15, 0.2) is 12.3 Å². The minimum atomic E-state index is -3.26. The number of hydrogen-bond acceptors (Lipinski definition) is 5. The largest absolute Gasteiger partial charge is 0.324 e. The molecule has 1 aliphatic heterocycles. The Hall–Kier alpha value is -2.00. The maximum atomic E-state index is 12.4. The van der Waals surface area contributed by atoms with Crippen molar-refractivity contribution in [3.63, 3.8) is 0 Å². The van der Waals surface area contributed by atoms with Crippen LogP contribution in [0.5, 0.6) is 0 Å². The molecule has 23 heavy (non-hydrogen) atoms. The molecule has 2 aromatic rings. The first-order valence-electron chi connectivity index (χ1n) is 7.41. The van der Waals surface area contributed by atoms with Gasteiger partial charge in [-0.15, -0.1) is 0 Å². The van der Waals surface area contributed by atoms with E-state index in [0.29, 0.717) is 30.7 Å². The van der Waals surface area contributed by atoms with Gasteiger partial charge in [-0.25, -0.2) is 17.7 Å². The number of carbonyl (C=O) groups is 1. The summed E-state index contributed by atoms with van der Waals surface area (Å²) in [5.41, 5.74) is 2.06. The van der Waals surface area contributed by atoms with Gasteiger partial charge in [0.1, 0.15) is 0 Å². The third kappa shape index (κ3) is 3.35. The van der Waals surface area contributed by atoms with E-state index in [1.165, 1.54) is 10.6 Å². The van der Waals surface area contributed by atoms with Gasteiger partial charge in [0.15, 0.2) is 5.65 Å². The first-order chi connectivity index (χ1) is 10.8. The minimum absolute atomic E-state index is 0.180. The second-order valence-electron chi connectivity index (χ2n) is 5.89. The van der Waals surface area contributed by atoms with Crippen molar-refractivity contribution >= 4 is 32.7 Å². The summed E-state index contributed by atoms with van der Waals surface area (Å²) in [4.78, 5) is 16.6. The van der Waals surface area contributed by atoms with Crippen molar-refractivity contribution in [2.75, 3.05) is 24.7 Å². The topological polar surface area (TPSA) is 108 Å². The highest BCUT2D eigenvalue weighted by Gasteiger charge is 2.30. The standard InChI is InChI=1S/C14H19N5O3S/c1-9-12-6-11(7-15-13(12)18-17-9)16-14(20)10-4-3-5-19(8-10)23(2,21)22/h6-7,10H,3-5,8H2,1-2H3,(H,16,20)(H,15,17,18)/t10-/m1/s1. The highest BCUT2D eigenvalue weighted by atomic mass is 32.2. The van der Waals surface area contributed by atoms with Crippen LogP contribution in [0.4, 0.5) is 5.69 Å². The zero-order valence-corrected chi connectivity index (χ0v) is 13.9. The summed E-state index contributed by atoms with van der Waals surface area (Å²) in [6, 6.07) is 1.82. The Bertz CT molecular complexity index is 845. The van der Waals surface area contributed by atoms with E-state index in [4.69, 9.17) is 0 Å². The monoisotopic (exact) mass is 337 g/mol. The van der Waals surface area contributed by atoms with Gasteiger partial charge in [-0.05, 0) is 25.8 Å². The van der Waals surface area contributed by atoms with E-state index in [0.717, 1.165) is 11.1 Å². The number of H-pyrrole nitrogens is 1. The van der Waals surface area contributed by atoms with Gasteiger partial charge in [0, 0.05) is 24.2 Å². The number of pyridine rings is 1. The summed E-state index contributed by atoms with van der Waals surface area (Å²) in [7, 11) is -3.26. The number of aromatic amines is 1. The van der Waals surface area contributed by atoms with Crippen molar-refractivity contribution in [3.8, 4) is 0 Å². The molecule has 3 heterocycles. The normalized spacial score (nSPS) is 19.8. The number of sulfonamides is 1. The van der Waals surface area contributed by atoms with Crippen LogP contribution in [0.3, 0.4) is 0 Å². The van der Waals surface area contributed by atoms with Crippen LogP contribution in [-0.4, -0.2) is 53.2 Å². The van der Waals surface area contributed by atoms with Gasteiger partial charge in [0.25, 0.3) is 0 Å². The van der Waals surface area contributed by atoms with Gasteiger partial charge < -0.3 is 5.32 Å². The maximum absolute atomic E-state index is 12.4. The first-order valence-corrected chi connectivity index (χ1v) is 9.26. The predicted molar refractivity (Wildman–Crippen MR) is 86.4 cm³/mol. The first kappa shape index (κ1) is 15.9. The lowest BCUT2D eigenvalue weighted by Crippen LogP contribution is -2.43. The Labute approximate surface area is 134 Å². The van der Waals surface area contributed by atoms with Crippen LogP contribution in [0, 0.1) is 12.8 Å². The van der Waals surface area contributed by atoms with E-state index >= 15 is 0 Å². The summed E-state index contributed by atoms with van der Waals surface area (Å²) in [6.07, 6.45) is 4.09. The third-order valence-electron chi connectivity index (χ3n) is 4.09. The molecule has 1 fully saturated rings. The van der Waals surface area contributed by atoms with Crippen LogP contribution in [0.25, 0.3) is 11.0 Å². The molecule has 2 aromatic heterocycles. The third-order valence-corrected chi connectivity index (χ3v) is 5.36. The van der Waals surface area contributed by atoms with Crippen LogP contribution < -0.4 is 5.32 Å². The van der Waals surface area contributed by atoms with Gasteiger partial charge in [-0.2, -0.15) is 5.10 Å². The Morgan fingerprint density at radius 3 is 3.00 bits per heavy atom. The molecule has 0 spiro atoms. The molecular formula is C14H19N5O3S. The Morgan fingerprint density at radius 1 is 1.48 bits per heavy atom. The number of aryl methyl sites for hydroxylation is 1. The summed E-state index contributed by atoms with van der Waals surface area (Å²) >= 11 is 0. The quantitative estimate of drug-likeness (QED) is 0.864. The zero-order valence-electron chi connectivity index (χ0n) is 13.0. The number of anilines is 1. The number of carbonyl (C=O) groups excluding carboxylic acids is 1. The van der Waals surface area contributed by atoms with Gasteiger partial charge in [0.05, 0.1) is 24.1 Å². The fourth-order valence-corrected chi connectivity index (χ4v) is 3.70. The summed E-state index contributed by atoms with van der Waals surface area (Å²) < 4.78 is 24.6. The van der Waals surface area contributed by atoms with Crippen LogP contribution >= 0.6 is 0 Å². The Balaban J connectivity index is 1.73. The number of fused-ring (bicyclic) bond motifs is 1. The van der Waals surface area contributed by atoms with E-state index in [-0.39, 0.29) is 18.4 Å². The van der Waals surface area contributed by atoms with Gasteiger partial charge in [0.2, 0.25) is 15.9 Å². The molecule has 124 valence electrons. The highest BCUT2D eigenvalue weighted by Crippen LogP contribution is 2.22. The fourth-order valence-electron chi connectivity index (χ4n) is 2.79. The number of hydrogen-bond donors (Lipinski definition) is 2. The van der Waals surface area contributed by atoms with E-state index in [9.17, 15) is 13.2 Å². The number of nitrogens with one attached hydrogen (secondary N) is 2. The number of rotatable bonds is 3. The summed E-state index contributed by atoms with van der Waals surface area (Å²) in [5, 5.41) is 10.6. The summed E-state index contributed by atoms with van der Waals surface area (Å²) in [5.74, 6) is -0.528. The average Bonchev–Trinajstić information content (AvgIpc) is 2.88. The van der Waals surface area contributed by atoms with Crippen molar-refractivity contribution < 1.29 is 13.2 Å². The van der Waals surface area contributed by atoms with E-state index in [1.54, 1.807) is 6.20 Å². The fraction of sp³-hybridized carbons (Fsp3) is 0.500. The Morgan fingerprint density at radius 2 is 2.26 bits per heavy atom. The molecule has 8 nitrogen and oxygen atoms in total. The SMILES string of the molecule is Cc1[nH]nc2ncc(NC(=O)[C@@H]3CCCN(S(C)(=O)=O)C3)cc12. The van der Waals surface area contributed by atoms with E-state index in [2.05, 4.69) is 20.5 Å². The van der Waals surface area contributed by atoms with Crippen LogP contribution in [0.1, 0.15) is 18.5 Å². The second-order valence-corrected chi connectivity index (χ2v) is 7.88. The number of nitrogens with zero attached hydrogens (tertiary/aromatic N) is 3. The van der Waals surface area contributed by atoms with Crippen molar-refractivity contribution in [2.45, 2.75) is 19.8 Å². The minimum Gasteiger partial charge on any atom is -0.324 e. The van der Waals surface area contributed by atoms with Crippen LogP contribution in [0.2, 0.25) is 0 Å². The molecule has 3 rings (SSSR count). The average molecular weight is 337 g/mol. The molecule has 0 bridgehead atoms. The lowest BCUT2D eigenvalue weighted by atomic mass is 9.99. The zero-order chi connectivity index (χ0) is 16.6. The molecule has 2 N–H and O–H groups in total. The molecule has 0 aromatic carbocycles. The molecule has 1 amide bonds. The van der Waals surface area contributed by atoms with Crippen molar-refractivity contribution in [3.05, 3.63) is 18.0 Å². The molecule has 0 radical (unpaired) electrons. The molecule has 1 aliphatic rings. The van der Waals surface area contributed by atoms with Crippen molar-refractivity contribution in [1.82, 2.24) is 19.5 Å². The second kappa shape index (κ2) is 5.89. The lowest BCUT2D eigenvalue weighted by Gasteiger charge is -2.30. The molecule has 0 aliphatic carbocycles. The Kier molecular flexibility index (Phi) is 4.07. The molecule has 0 unspecified atom stereocenters. The molecular weight excluding hydrogens is 318 g/mol. The molecule has 1 saturated heterocycles. The van der Waals surface area contributed by atoms with Gasteiger partial charge in [-0.1, -0.05) is 0 Å². The number of aromatic nitrogens is 3. The van der Waals surface area contributed by atoms with E-state index in [1.807, 2.05) is 13.0 Å². The summed E-state index contributed by atoms with van der Waals surface area (Å²) in [6.45, 7) is 2.59. The van der Waals surface area contributed by atoms with Gasteiger partial charge in [-0.3, -0.25) is 9.89 Å². The molecule has 9 heteroatoms. The molecule has 0 saturated carbocycles. The van der Waals surface area contributed by atoms with Crippen molar-refractivity contribution in [1.29, 1.82) is 0 Å². The predicted octanol–water partition coefficient (Wildman–Crippen LogP) is 0.876. The maximum Gasteiger partial charge on any atom is 0.228 e. The highest BCUT2D eigenvalue weighted by molar-refractivity contribution is 7.88. The van der Waals surface area contributed by atoms with Crippen molar-refractivity contribution in [2.24, 2.45) is 5.92 Å².